The summed E-state index contributed by atoms with van der Waals surface area (Å²) in [5.74, 6) is 0.314. The molecule has 1 fully saturated rings. The third kappa shape index (κ3) is 6.89. The van der Waals surface area contributed by atoms with Crippen LogP contribution in [0.25, 0.3) is 0 Å². The second kappa shape index (κ2) is 9.90. The van der Waals surface area contributed by atoms with Crippen LogP contribution in [0.4, 0.5) is 5.69 Å². The standard InChI is InChI=1S/C16H22BrN3O2.ClH/c1-11-2-4-13(17)8-14(11)20-16(22)10-19-15(21)5-3-12-6-7-18-9-12;/h2,4,8,12,18H,3,5-7,9-10H2,1H3,(H,19,21)(H,20,22);1H. The minimum absolute atomic E-state index is 0. The molecule has 0 radical (unpaired) electrons. The Morgan fingerprint density at radius 2 is 2.13 bits per heavy atom. The zero-order valence-corrected chi connectivity index (χ0v) is 15.6. The molecule has 1 aliphatic heterocycles. The van der Waals surface area contributed by atoms with Crippen LogP contribution < -0.4 is 16.0 Å². The highest BCUT2D eigenvalue weighted by Gasteiger charge is 2.16. The van der Waals surface area contributed by atoms with Gasteiger partial charge in [0, 0.05) is 16.6 Å². The topological polar surface area (TPSA) is 70.2 Å². The number of nitrogens with one attached hydrogen (secondary N) is 3. The van der Waals surface area contributed by atoms with Gasteiger partial charge in [0.25, 0.3) is 0 Å². The molecule has 1 aromatic rings. The van der Waals surface area contributed by atoms with Crippen LogP contribution in [-0.2, 0) is 9.59 Å². The van der Waals surface area contributed by atoms with Gasteiger partial charge in [-0.2, -0.15) is 0 Å². The molecule has 3 N–H and O–H groups in total. The van der Waals surface area contributed by atoms with E-state index in [0.717, 1.165) is 41.7 Å². The Balaban J connectivity index is 0.00000264. The summed E-state index contributed by atoms with van der Waals surface area (Å²) in [5.41, 5.74) is 1.74. The lowest BCUT2D eigenvalue weighted by atomic mass is 10.0. The number of carbonyl (C=O) groups excluding carboxylic acids is 2. The van der Waals surface area contributed by atoms with Gasteiger partial charge in [-0.15, -0.1) is 12.4 Å². The van der Waals surface area contributed by atoms with Crippen LogP contribution in [0.15, 0.2) is 22.7 Å². The molecule has 0 aliphatic carbocycles. The fourth-order valence-corrected chi connectivity index (χ4v) is 2.85. The summed E-state index contributed by atoms with van der Waals surface area (Å²) in [6, 6.07) is 5.70. The Morgan fingerprint density at radius 1 is 1.35 bits per heavy atom. The van der Waals surface area contributed by atoms with Crippen LogP contribution in [0, 0.1) is 12.8 Å². The van der Waals surface area contributed by atoms with Crippen molar-refractivity contribution in [3.8, 4) is 0 Å². The number of aryl methyl sites for hydroxylation is 1. The normalized spacial score (nSPS) is 16.5. The summed E-state index contributed by atoms with van der Waals surface area (Å²) >= 11 is 3.38. The maximum atomic E-state index is 11.9. The predicted molar refractivity (Wildman–Crippen MR) is 98.0 cm³/mol. The predicted octanol–water partition coefficient (Wildman–Crippen LogP) is 2.62. The summed E-state index contributed by atoms with van der Waals surface area (Å²) in [7, 11) is 0. The van der Waals surface area contributed by atoms with E-state index < -0.39 is 0 Å². The Kier molecular flexibility index (Phi) is 8.58. The summed E-state index contributed by atoms with van der Waals surface area (Å²) < 4.78 is 0.905. The average Bonchev–Trinajstić information content (AvgIpc) is 3.00. The Morgan fingerprint density at radius 3 is 2.83 bits per heavy atom. The van der Waals surface area contributed by atoms with E-state index in [0.29, 0.717) is 12.3 Å². The zero-order valence-electron chi connectivity index (χ0n) is 13.2. The van der Waals surface area contributed by atoms with Gasteiger partial charge >= 0.3 is 0 Å². The highest BCUT2D eigenvalue weighted by molar-refractivity contribution is 9.10. The average molecular weight is 405 g/mol. The van der Waals surface area contributed by atoms with E-state index >= 15 is 0 Å². The maximum absolute atomic E-state index is 11.9. The van der Waals surface area contributed by atoms with Crippen LogP contribution in [0.1, 0.15) is 24.8 Å². The smallest absolute Gasteiger partial charge is 0.243 e. The van der Waals surface area contributed by atoms with Crippen molar-refractivity contribution >= 4 is 45.8 Å². The lowest BCUT2D eigenvalue weighted by Gasteiger charge is -2.11. The minimum Gasteiger partial charge on any atom is -0.347 e. The second-order valence-corrected chi connectivity index (χ2v) is 6.60. The van der Waals surface area contributed by atoms with Gasteiger partial charge in [-0.05, 0) is 56.5 Å². The van der Waals surface area contributed by atoms with Crippen molar-refractivity contribution in [3.05, 3.63) is 28.2 Å². The molecule has 0 bridgehead atoms. The Hall–Kier alpha value is -1.11. The number of benzene rings is 1. The highest BCUT2D eigenvalue weighted by Crippen LogP contribution is 2.20. The van der Waals surface area contributed by atoms with Crippen LogP contribution in [0.5, 0.6) is 0 Å². The van der Waals surface area contributed by atoms with Crippen molar-refractivity contribution < 1.29 is 9.59 Å². The first-order valence-corrected chi connectivity index (χ1v) is 8.37. The number of carbonyl (C=O) groups is 2. The molecule has 0 spiro atoms. The lowest BCUT2D eigenvalue weighted by molar-refractivity contribution is -0.124. The minimum atomic E-state index is -0.211. The molecule has 128 valence electrons. The Bertz CT molecular complexity index is 548. The van der Waals surface area contributed by atoms with E-state index in [4.69, 9.17) is 0 Å². The molecule has 0 aromatic heterocycles. The van der Waals surface area contributed by atoms with Gasteiger partial charge in [0.15, 0.2) is 0 Å². The van der Waals surface area contributed by atoms with Crippen LogP contribution in [0.2, 0.25) is 0 Å². The first-order chi connectivity index (χ1) is 10.5. The number of anilines is 1. The first-order valence-electron chi connectivity index (χ1n) is 7.58. The summed E-state index contributed by atoms with van der Waals surface area (Å²) in [6.07, 6.45) is 2.50. The van der Waals surface area contributed by atoms with Crippen molar-refractivity contribution in [3.63, 3.8) is 0 Å². The van der Waals surface area contributed by atoms with Crippen molar-refractivity contribution in [1.82, 2.24) is 10.6 Å². The van der Waals surface area contributed by atoms with Gasteiger partial charge in [-0.1, -0.05) is 22.0 Å². The molecule has 2 rings (SSSR count). The van der Waals surface area contributed by atoms with Gasteiger partial charge in [-0.3, -0.25) is 9.59 Å². The van der Waals surface area contributed by atoms with Crippen molar-refractivity contribution in [2.75, 3.05) is 25.0 Å². The molecular formula is C16H23BrClN3O2. The largest absolute Gasteiger partial charge is 0.347 e. The van der Waals surface area contributed by atoms with Crippen LogP contribution >= 0.6 is 28.3 Å². The van der Waals surface area contributed by atoms with Crippen molar-refractivity contribution in [2.24, 2.45) is 5.92 Å². The van der Waals surface area contributed by atoms with Gasteiger partial charge in [0.1, 0.15) is 0 Å². The van der Waals surface area contributed by atoms with Gasteiger partial charge in [0.2, 0.25) is 11.8 Å². The number of amides is 2. The Labute approximate surface area is 151 Å². The van der Waals surface area contributed by atoms with E-state index in [1.165, 1.54) is 0 Å². The molecule has 5 nitrogen and oxygen atoms in total. The molecule has 1 unspecified atom stereocenters. The van der Waals surface area contributed by atoms with Crippen LogP contribution in [0.3, 0.4) is 0 Å². The van der Waals surface area contributed by atoms with Gasteiger partial charge < -0.3 is 16.0 Å². The molecule has 1 aromatic carbocycles. The molecule has 23 heavy (non-hydrogen) atoms. The monoisotopic (exact) mass is 403 g/mol. The summed E-state index contributed by atoms with van der Waals surface area (Å²) in [5, 5.41) is 8.77. The summed E-state index contributed by atoms with van der Waals surface area (Å²) in [4.78, 5) is 23.6. The molecule has 2 amide bonds. The van der Waals surface area contributed by atoms with Gasteiger partial charge in [0.05, 0.1) is 6.54 Å². The molecular weight excluding hydrogens is 382 g/mol. The van der Waals surface area contributed by atoms with Gasteiger partial charge in [-0.25, -0.2) is 0 Å². The van der Waals surface area contributed by atoms with Crippen molar-refractivity contribution in [1.29, 1.82) is 0 Å². The number of rotatable bonds is 6. The number of halogens is 2. The number of hydrogen-bond donors (Lipinski definition) is 3. The van der Waals surface area contributed by atoms with E-state index in [9.17, 15) is 9.59 Å². The molecule has 1 saturated heterocycles. The zero-order chi connectivity index (χ0) is 15.9. The summed E-state index contributed by atoms with van der Waals surface area (Å²) in [6.45, 7) is 3.97. The SMILES string of the molecule is Cc1ccc(Br)cc1NC(=O)CNC(=O)CCC1CCNC1.Cl. The van der Waals surface area contributed by atoms with E-state index in [1.54, 1.807) is 0 Å². The first kappa shape index (κ1) is 19.9. The maximum Gasteiger partial charge on any atom is 0.243 e. The van der Waals surface area contributed by atoms with E-state index in [2.05, 4.69) is 31.9 Å². The molecule has 1 aliphatic rings. The lowest BCUT2D eigenvalue weighted by Crippen LogP contribution is -2.33. The third-order valence-corrected chi connectivity index (χ3v) is 4.36. The fraction of sp³-hybridized carbons (Fsp3) is 0.500. The number of hydrogen-bond acceptors (Lipinski definition) is 3. The molecule has 1 heterocycles. The van der Waals surface area contributed by atoms with E-state index in [-0.39, 0.29) is 30.8 Å². The van der Waals surface area contributed by atoms with E-state index in [1.807, 2.05) is 25.1 Å². The highest BCUT2D eigenvalue weighted by atomic mass is 79.9. The third-order valence-electron chi connectivity index (χ3n) is 3.86. The van der Waals surface area contributed by atoms with Crippen molar-refractivity contribution in [2.45, 2.75) is 26.2 Å². The molecule has 0 saturated carbocycles. The quantitative estimate of drug-likeness (QED) is 0.682. The van der Waals surface area contributed by atoms with Crippen LogP contribution in [-0.4, -0.2) is 31.4 Å². The second-order valence-electron chi connectivity index (χ2n) is 5.68. The molecule has 1 atom stereocenters. The fourth-order valence-electron chi connectivity index (χ4n) is 2.49. The molecule has 7 heteroatoms.